The van der Waals surface area contributed by atoms with Crippen molar-refractivity contribution < 1.29 is 4.92 Å². The molecule has 5 heteroatoms. The second-order valence-corrected chi connectivity index (χ2v) is 4.15. The van der Waals surface area contributed by atoms with Crippen molar-refractivity contribution in [3.8, 4) is 6.07 Å². The van der Waals surface area contributed by atoms with Crippen LogP contribution in [0.1, 0.15) is 12.5 Å². The van der Waals surface area contributed by atoms with E-state index in [1.165, 1.54) is 12.1 Å². The van der Waals surface area contributed by atoms with Crippen LogP contribution in [0.3, 0.4) is 0 Å². The third-order valence-corrected chi connectivity index (χ3v) is 2.41. The predicted octanol–water partition coefficient (Wildman–Crippen LogP) is 2.19. The van der Waals surface area contributed by atoms with E-state index < -0.39 is 4.92 Å². The van der Waals surface area contributed by atoms with Crippen molar-refractivity contribution in [2.45, 2.75) is 13.5 Å². The molecule has 0 radical (unpaired) electrons. The van der Waals surface area contributed by atoms with Crippen LogP contribution >= 0.6 is 0 Å². The molecule has 0 N–H and O–H groups in total. The van der Waals surface area contributed by atoms with Crippen molar-refractivity contribution in [2.75, 3.05) is 13.6 Å². The van der Waals surface area contributed by atoms with Gasteiger partial charge in [0.1, 0.15) is 0 Å². The van der Waals surface area contributed by atoms with Gasteiger partial charge in [0.2, 0.25) is 0 Å². The Morgan fingerprint density at radius 3 is 2.53 bits per heavy atom. The Morgan fingerprint density at radius 2 is 2.06 bits per heavy atom. The topological polar surface area (TPSA) is 70.2 Å². The molecule has 1 aromatic carbocycles. The molecule has 1 unspecified atom stereocenters. The molecule has 0 aliphatic heterocycles. The predicted molar refractivity (Wildman–Crippen MR) is 64.2 cm³/mol. The van der Waals surface area contributed by atoms with Gasteiger partial charge in [-0.25, -0.2) is 0 Å². The monoisotopic (exact) mass is 233 g/mol. The summed E-state index contributed by atoms with van der Waals surface area (Å²) >= 11 is 0. The van der Waals surface area contributed by atoms with Crippen LogP contribution in [-0.2, 0) is 6.54 Å². The van der Waals surface area contributed by atoms with E-state index in [1.807, 2.05) is 18.9 Å². The minimum absolute atomic E-state index is 0.0157. The van der Waals surface area contributed by atoms with Crippen LogP contribution in [0, 0.1) is 27.4 Å². The Morgan fingerprint density at radius 1 is 1.47 bits per heavy atom. The van der Waals surface area contributed by atoms with Gasteiger partial charge in [-0.2, -0.15) is 5.26 Å². The van der Waals surface area contributed by atoms with Crippen molar-refractivity contribution in [1.82, 2.24) is 4.90 Å². The lowest BCUT2D eigenvalue weighted by Crippen LogP contribution is -2.23. The molecule has 0 amide bonds. The third-order valence-electron chi connectivity index (χ3n) is 2.41. The Bertz CT molecular complexity index is 422. The second-order valence-electron chi connectivity index (χ2n) is 4.15. The first-order chi connectivity index (χ1) is 8.02. The van der Waals surface area contributed by atoms with E-state index in [9.17, 15) is 10.1 Å². The molecule has 0 fully saturated rings. The first kappa shape index (κ1) is 13.1. The van der Waals surface area contributed by atoms with Gasteiger partial charge in [-0.15, -0.1) is 0 Å². The highest BCUT2D eigenvalue weighted by atomic mass is 16.6. The molecule has 90 valence electrons. The molecule has 0 aromatic heterocycles. The number of benzene rings is 1. The standard InChI is InChI=1S/C12H15N3O2/c1-10(7-13)8-14(2)9-11-3-5-12(6-4-11)15(16)17/h3-6,10H,8-9H2,1-2H3. The maximum Gasteiger partial charge on any atom is 0.269 e. The van der Waals surface area contributed by atoms with Gasteiger partial charge in [0.25, 0.3) is 5.69 Å². The van der Waals surface area contributed by atoms with Crippen LogP contribution in [0.25, 0.3) is 0 Å². The first-order valence-electron chi connectivity index (χ1n) is 5.34. The highest BCUT2D eigenvalue weighted by Crippen LogP contribution is 2.13. The molecule has 0 saturated carbocycles. The summed E-state index contributed by atoms with van der Waals surface area (Å²) in [5.74, 6) is -0.0157. The normalized spacial score (nSPS) is 12.1. The average molecular weight is 233 g/mol. The highest BCUT2D eigenvalue weighted by Gasteiger charge is 2.07. The molecule has 0 aliphatic carbocycles. The molecule has 0 heterocycles. The third kappa shape index (κ3) is 4.21. The lowest BCUT2D eigenvalue weighted by Gasteiger charge is -2.17. The first-order valence-corrected chi connectivity index (χ1v) is 5.34. The summed E-state index contributed by atoms with van der Waals surface area (Å²) in [4.78, 5) is 12.1. The molecule has 0 spiro atoms. The van der Waals surface area contributed by atoms with Crippen LogP contribution in [0.5, 0.6) is 0 Å². The van der Waals surface area contributed by atoms with Crippen LogP contribution in [0.4, 0.5) is 5.69 Å². The lowest BCUT2D eigenvalue weighted by atomic mass is 10.1. The number of nitriles is 1. The largest absolute Gasteiger partial charge is 0.301 e. The molecule has 1 atom stereocenters. The van der Waals surface area contributed by atoms with Crippen LogP contribution in [-0.4, -0.2) is 23.4 Å². The molecular formula is C12H15N3O2. The van der Waals surface area contributed by atoms with Gasteiger partial charge in [-0.1, -0.05) is 12.1 Å². The van der Waals surface area contributed by atoms with E-state index in [2.05, 4.69) is 6.07 Å². The van der Waals surface area contributed by atoms with Gasteiger partial charge in [0, 0.05) is 25.2 Å². The zero-order valence-electron chi connectivity index (χ0n) is 9.96. The summed E-state index contributed by atoms with van der Waals surface area (Å²) in [6, 6.07) is 8.65. The van der Waals surface area contributed by atoms with E-state index in [0.717, 1.165) is 5.56 Å². The Labute approximate surface area is 100 Å². The zero-order chi connectivity index (χ0) is 12.8. The van der Waals surface area contributed by atoms with Gasteiger partial charge in [0.15, 0.2) is 0 Å². The smallest absolute Gasteiger partial charge is 0.269 e. The quantitative estimate of drug-likeness (QED) is 0.577. The summed E-state index contributed by atoms with van der Waals surface area (Å²) in [5.41, 5.74) is 1.10. The summed E-state index contributed by atoms with van der Waals surface area (Å²) in [7, 11) is 1.93. The Balaban J connectivity index is 2.57. The van der Waals surface area contributed by atoms with E-state index >= 15 is 0 Å². The second kappa shape index (κ2) is 5.97. The van der Waals surface area contributed by atoms with Crippen LogP contribution < -0.4 is 0 Å². The van der Waals surface area contributed by atoms with Crippen molar-refractivity contribution in [2.24, 2.45) is 5.92 Å². The number of hydrogen-bond acceptors (Lipinski definition) is 4. The van der Waals surface area contributed by atoms with Crippen molar-refractivity contribution in [1.29, 1.82) is 5.26 Å². The highest BCUT2D eigenvalue weighted by molar-refractivity contribution is 5.32. The summed E-state index contributed by atoms with van der Waals surface area (Å²) in [5, 5.41) is 19.2. The van der Waals surface area contributed by atoms with Gasteiger partial charge in [-0.05, 0) is 19.5 Å². The van der Waals surface area contributed by atoms with Crippen LogP contribution in [0.2, 0.25) is 0 Å². The summed E-state index contributed by atoms with van der Waals surface area (Å²) in [6.07, 6.45) is 0. The summed E-state index contributed by atoms with van der Waals surface area (Å²) in [6.45, 7) is 3.24. The van der Waals surface area contributed by atoms with Crippen molar-refractivity contribution in [3.05, 3.63) is 39.9 Å². The minimum atomic E-state index is -0.411. The molecule has 1 aromatic rings. The molecule has 0 bridgehead atoms. The maximum atomic E-state index is 10.5. The zero-order valence-corrected chi connectivity index (χ0v) is 9.96. The van der Waals surface area contributed by atoms with Gasteiger partial charge in [0.05, 0.1) is 16.9 Å². The van der Waals surface area contributed by atoms with Crippen molar-refractivity contribution in [3.63, 3.8) is 0 Å². The number of non-ortho nitro benzene ring substituents is 1. The fraction of sp³-hybridized carbons (Fsp3) is 0.417. The molecule has 17 heavy (non-hydrogen) atoms. The molecule has 5 nitrogen and oxygen atoms in total. The van der Waals surface area contributed by atoms with E-state index in [0.29, 0.717) is 13.1 Å². The van der Waals surface area contributed by atoms with Crippen LogP contribution in [0.15, 0.2) is 24.3 Å². The molecular weight excluding hydrogens is 218 g/mol. The average Bonchev–Trinajstić information content (AvgIpc) is 2.29. The van der Waals surface area contributed by atoms with E-state index in [-0.39, 0.29) is 11.6 Å². The number of nitro benzene ring substituents is 1. The number of rotatable bonds is 5. The van der Waals surface area contributed by atoms with Gasteiger partial charge < -0.3 is 4.90 Å². The number of nitro groups is 1. The lowest BCUT2D eigenvalue weighted by molar-refractivity contribution is -0.384. The fourth-order valence-corrected chi connectivity index (χ4v) is 1.61. The SMILES string of the molecule is CC(C#N)CN(C)Cc1ccc([N+](=O)[O-])cc1. The number of nitrogens with zero attached hydrogens (tertiary/aromatic N) is 3. The van der Waals surface area contributed by atoms with E-state index in [4.69, 9.17) is 5.26 Å². The van der Waals surface area contributed by atoms with Gasteiger partial charge in [-0.3, -0.25) is 10.1 Å². The maximum absolute atomic E-state index is 10.5. The Kier molecular flexibility index (Phi) is 4.61. The Hall–Kier alpha value is -1.93. The fourth-order valence-electron chi connectivity index (χ4n) is 1.61. The van der Waals surface area contributed by atoms with E-state index in [1.54, 1.807) is 12.1 Å². The van der Waals surface area contributed by atoms with Gasteiger partial charge >= 0.3 is 0 Å². The molecule has 0 saturated heterocycles. The van der Waals surface area contributed by atoms with Crippen molar-refractivity contribution >= 4 is 5.69 Å². The number of hydrogen-bond donors (Lipinski definition) is 0. The molecule has 1 rings (SSSR count). The summed E-state index contributed by atoms with van der Waals surface area (Å²) < 4.78 is 0. The minimum Gasteiger partial charge on any atom is -0.301 e. The molecule has 0 aliphatic rings.